The van der Waals surface area contributed by atoms with E-state index in [2.05, 4.69) is 10.2 Å². The number of carbonyl (C=O) groups is 1. The van der Waals surface area contributed by atoms with Gasteiger partial charge in [-0.15, -0.1) is 0 Å². The number of halogens is 4. The second kappa shape index (κ2) is 15.6. The number of nitrogens with one attached hydrogen (secondary N) is 1. The number of nitrogens with zero attached hydrogens (tertiary/aromatic N) is 4. The summed E-state index contributed by atoms with van der Waals surface area (Å²) in [6.07, 6.45) is -2.63. The molecule has 1 aliphatic rings. The zero-order valence-corrected chi connectivity index (χ0v) is 26.8. The number of rotatable bonds is 13. The fraction of sp³-hybridized carbons (Fsp3) is 0.441. The molecule has 2 heterocycles. The van der Waals surface area contributed by atoms with Gasteiger partial charge in [0.1, 0.15) is 11.5 Å². The Balaban J connectivity index is 1.82. The third-order valence-corrected chi connectivity index (χ3v) is 8.58. The quantitative estimate of drug-likeness (QED) is 0.154. The van der Waals surface area contributed by atoms with Gasteiger partial charge in [-0.25, -0.2) is 9.18 Å². The van der Waals surface area contributed by atoms with Crippen molar-refractivity contribution in [2.24, 2.45) is 0 Å². The van der Waals surface area contributed by atoms with Crippen molar-refractivity contribution in [3.63, 3.8) is 0 Å². The van der Waals surface area contributed by atoms with Crippen molar-refractivity contribution < 1.29 is 27.5 Å². The summed E-state index contributed by atoms with van der Waals surface area (Å²) in [6, 6.07) is 11.0. The normalized spacial score (nSPS) is 15.2. The van der Waals surface area contributed by atoms with Crippen LogP contribution in [-0.2, 0) is 24.1 Å². The molecule has 1 saturated heterocycles. The van der Waals surface area contributed by atoms with Crippen molar-refractivity contribution in [2.75, 3.05) is 44.2 Å². The number of hydrogen-bond acceptors (Lipinski definition) is 6. The van der Waals surface area contributed by atoms with Crippen LogP contribution in [-0.4, -0.2) is 64.4 Å². The summed E-state index contributed by atoms with van der Waals surface area (Å²) < 4.78 is 59.0. The lowest BCUT2D eigenvalue weighted by Gasteiger charge is -2.37. The molecule has 9 nitrogen and oxygen atoms in total. The molecular formula is C34H41F4N5O4. The van der Waals surface area contributed by atoms with E-state index >= 15 is 4.39 Å². The van der Waals surface area contributed by atoms with Gasteiger partial charge < -0.3 is 15.3 Å². The summed E-state index contributed by atoms with van der Waals surface area (Å²) in [5, 5.41) is 12.3. The first-order chi connectivity index (χ1) is 22.3. The molecule has 1 aliphatic heterocycles. The first-order valence-electron chi connectivity index (χ1n) is 15.6. The Kier molecular flexibility index (Phi) is 11.8. The van der Waals surface area contributed by atoms with Crippen molar-refractivity contribution in [3.05, 3.63) is 109 Å². The standard InChI is InChI=1S/C34H41F4N5O4/c1-4-23(2)20-40-16-18-41(19-17-40)31-24(3)42(21-26-27(34(36,37)38)12-8-13-28(26)35)33(47)43(32(31)46)22-29(25-10-6-5-7-11-25)39-15-9-14-30(44)45/h4-8,10-13,29,39H,9,14-22H2,1-3H3,(H,44,45)/b23-4+/t29-/m0/s1. The summed E-state index contributed by atoms with van der Waals surface area (Å²) in [5.74, 6) is -2.07. The summed E-state index contributed by atoms with van der Waals surface area (Å²) in [7, 11) is 0. The highest BCUT2D eigenvalue weighted by Gasteiger charge is 2.35. The molecule has 0 amide bonds. The molecule has 47 heavy (non-hydrogen) atoms. The van der Waals surface area contributed by atoms with Gasteiger partial charge in [-0.2, -0.15) is 13.2 Å². The van der Waals surface area contributed by atoms with E-state index in [4.69, 9.17) is 5.11 Å². The number of allylic oxidation sites excluding steroid dienone is 1. The fourth-order valence-electron chi connectivity index (χ4n) is 5.89. The molecule has 3 aromatic rings. The Labute approximate surface area is 270 Å². The summed E-state index contributed by atoms with van der Waals surface area (Å²) in [6.45, 7) is 7.71. The predicted molar refractivity (Wildman–Crippen MR) is 172 cm³/mol. The van der Waals surface area contributed by atoms with E-state index in [1.54, 1.807) is 30.3 Å². The number of aromatic nitrogens is 2. The minimum atomic E-state index is -4.87. The van der Waals surface area contributed by atoms with Gasteiger partial charge in [-0.05, 0) is 51.4 Å². The van der Waals surface area contributed by atoms with Crippen LogP contribution in [0.5, 0.6) is 0 Å². The first kappa shape index (κ1) is 35.6. The van der Waals surface area contributed by atoms with Crippen molar-refractivity contribution in [2.45, 2.75) is 58.9 Å². The molecule has 0 unspecified atom stereocenters. The Morgan fingerprint density at radius 3 is 2.32 bits per heavy atom. The molecule has 0 radical (unpaired) electrons. The van der Waals surface area contributed by atoms with E-state index in [0.717, 1.165) is 39.4 Å². The van der Waals surface area contributed by atoms with Crippen molar-refractivity contribution in [1.29, 1.82) is 0 Å². The van der Waals surface area contributed by atoms with E-state index in [1.807, 2.05) is 24.8 Å². The van der Waals surface area contributed by atoms with Gasteiger partial charge in [0.05, 0.1) is 24.7 Å². The monoisotopic (exact) mass is 659 g/mol. The lowest BCUT2D eigenvalue weighted by molar-refractivity contribution is -0.138. The zero-order chi connectivity index (χ0) is 34.3. The molecule has 0 spiro atoms. The molecule has 2 aromatic carbocycles. The second-order valence-corrected chi connectivity index (χ2v) is 11.8. The first-order valence-corrected chi connectivity index (χ1v) is 15.6. The van der Waals surface area contributed by atoms with Crippen LogP contribution in [0.1, 0.15) is 55.1 Å². The maximum Gasteiger partial charge on any atom is 0.416 e. The smallest absolute Gasteiger partial charge is 0.416 e. The third kappa shape index (κ3) is 8.77. The van der Waals surface area contributed by atoms with E-state index in [9.17, 15) is 27.6 Å². The van der Waals surface area contributed by atoms with Crippen molar-refractivity contribution in [3.8, 4) is 0 Å². The van der Waals surface area contributed by atoms with Crippen LogP contribution in [0.3, 0.4) is 0 Å². The molecule has 1 aromatic heterocycles. The molecule has 254 valence electrons. The average Bonchev–Trinajstić information content (AvgIpc) is 3.03. The van der Waals surface area contributed by atoms with Crippen LogP contribution < -0.4 is 21.5 Å². The summed E-state index contributed by atoms with van der Waals surface area (Å²) >= 11 is 0. The molecule has 2 N–H and O–H groups in total. The number of hydrogen-bond donors (Lipinski definition) is 2. The van der Waals surface area contributed by atoms with Crippen LogP contribution in [0.15, 0.2) is 69.8 Å². The second-order valence-electron chi connectivity index (χ2n) is 11.8. The Morgan fingerprint density at radius 1 is 1.02 bits per heavy atom. The Bertz CT molecular complexity index is 1690. The van der Waals surface area contributed by atoms with Crippen LogP contribution in [0.4, 0.5) is 23.2 Å². The minimum Gasteiger partial charge on any atom is -0.481 e. The Hall–Kier alpha value is -4.23. The van der Waals surface area contributed by atoms with E-state index in [1.165, 1.54) is 12.5 Å². The van der Waals surface area contributed by atoms with Gasteiger partial charge in [-0.3, -0.25) is 23.6 Å². The lowest BCUT2D eigenvalue weighted by Crippen LogP contribution is -2.52. The van der Waals surface area contributed by atoms with E-state index in [0.29, 0.717) is 32.6 Å². The topological polar surface area (TPSA) is 99.8 Å². The lowest BCUT2D eigenvalue weighted by atomic mass is 10.1. The zero-order valence-electron chi connectivity index (χ0n) is 26.8. The summed E-state index contributed by atoms with van der Waals surface area (Å²) in [4.78, 5) is 43.5. The number of carboxylic acids is 1. The molecule has 1 atom stereocenters. The van der Waals surface area contributed by atoms with Crippen LogP contribution >= 0.6 is 0 Å². The fourth-order valence-corrected chi connectivity index (χ4v) is 5.89. The van der Waals surface area contributed by atoms with Crippen LogP contribution in [0.25, 0.3) is 0 Å². The highest BCUT2D eigenvalue weighted by Crippen LogP contribution is 2.33. The molecule has 1 fully saturated rings. The average molecular weight is 660 g/mol. The van der Waals surface area contributed by atoms with Gasteiger partial charge in [0, 0.05) is 50.4 Å². The number of piperazine rings is 1. The van der Waals surface area contributed by atoms with Crippen molar-refractivity contribution >= 4 is 11.7 Å². The third-order valence-electron chi connectivity index (χ3n) is 8.58. The van der Waals surface area contributed by atoms with Gasteiger partial charge in [0.2, 0.25) is 0 Å². The highest BCUT2D eigenvalue weighted by molar-refractivity contribution is 5.66. The van der Waals surface area contributed by atoms with Gasteiger partial charge in [-0.1, -0.05) is 48.0 Å². The molecule has 4 rings (SSSR count). The van der Waals surface area contributed by atoms with E-state index in [-0.39, 0.29) is 30.9 Å². The molecule has 0 bridgehead atoms. The van der Waals surface area contributed by atoms with Gasteiger partial charge >= 0.3 is 17.8 Å². The largest absolute Gasteiger partial charge is 0.481 e. The summed E-state index contributed by atoms with van der Waals surface area (Å²) in [5.41, 5.74) is -1.12. The molecule has 0 aliphatic carbocycles. The van der Waals surface area contributed by atoms with Crippen molar-refractivity contribution in [1.82, 2.24) is 19.4 Å². The predicted octanol–water partition coefficient (Wildman–Crippen LogP) is 4.81. The Morgan fingerprint density at radius 2 is 1.70 bits per heavy atom. The number of benzene rings is 2. The van der Waals surface area contributed by atoms with E-state index < -0.39 is 52.9 Å². The number of aliphatic carboxylic acids is 1. The maximum absolute atomic E-state index is 15.0. The number of carboxylic acid groups (broad SMARTS) is 1. The van der Waals surface area contributed by atoms with Gasteiger partial charge in [0.25, 0.3) is 5.56 Å². The minimum absolute atomic E-state index is 0.0837. The molecular weight excluding hydrogens is 618 g/mol. The molecule has 0 saturated carbocycles. The SMILES string of the molecule is C/C=C(\C)CN1CCN(c2c(C)n(Cc3c(F)cccc3C(F)(F)F)c(=O)n(C[C@H](NCCCC(=O)O)c3ccccc3)c2=O)CC1. The van der Waals surface area contributed by atoms with Crippen LogP contribution in [0, 0.1) is 12.7 Å². The highest BCUT2D eigenvalue weighted by atomic mass is 19.4. The van der Waals surface area contributed by atoms with Crippen LogP contribution in [0.2, 0.25) is 0 Å². The maximum atomic E-state index is 15.0. The molecule has 13 heteroatoms. The number of anilines is 1. The van der Waals surface area contributed by atoms with Gasteiger partial charge in [0.15, 0.2) is 0 Å². The number of alkyl halides is 3.